The maximum atomic E-state index is 9.43. The van der Waals surface area contributed by atoms with Gasteiger partial charge in [-0.3, -0.25) is 19.9 Å². The van der Waals surface area contributed by atoms with E-state index in [1.165, 1.54) is 16.7 Å². The highest BCUT2D eigenvalue weighted by Gasteiger charge is 2.09. The zero-order valence-corrected chi connectivity index (χ0v) is 32.8. The molecule has 0 saturated heterocycles. The van der Waals surface area contributed by atoms with Crippen LogP contribution < -0.4 is 4.74 Å². The molecule has 0 spiro atoms. The van der Waals surface area contributed by atoms with Crippen molar-refractivity contribution >= 4 is 15.9 Å². The minimum Gasteiger partial charge on any atom is -0.508 e. The highest BCUT2D eigenvalue weighted by molar-refractivity contribution is 9.10. The standard InChI is InChI=1S/C24H20N2O.C12H10BrN.C12H11NO/c1-17-13-19(23-7-3-5-11-25-23)15-21(14-17)27-20-10-9-18(2)22(16-20)24-8-4-6-12-26-24;1-9-5-6-10(13)8-11(9)12-4-2-3-7-14-12;1-9-6-10(8-11(14)7-9)12-4-2-3-5-13-12/h3-16H,1-2H3;2-8H,1H3;2-8,14H,1H3. The third-order valence-electron chi connectivity index (χ3n) is 8.56. The number of aromatic hydroxyl groups is 1. The Morgan fingerprint density at radius 3 is 1.42 bits per heavy atom. The Kier molecular flexibility index (Phi) is 12.9. The van der Waals surface area contributed by atoms with Crippen LogP contribution in [0.4, 0.5) is 0 Å². The number of halogens is 1. The monoisotopic (exact) mass is 784 g/mol. The van der Waals surface area contributed by atoms with Crippen molar-refractivity contribution in [1.82, 2.24) is 19.9 Å². The topological polar surface area (TPSA) is 81.0 Å². The van der Waals surface area contributed by atoms with Crippen LogP contribution in [-0.2, 0) is 0 Å². The van der Waals surface area contributed by atoms with Crippen LogP contribution in [-0.4, -0.2) is 25.0 Å². The number of hydrogen-bond acceptors (Lipinski definition) is 6. The molecular formula is C48H41BrN4O2. The van der Waals surface area contributed by atoms with Crippen molar-refractivity contribution in [2.45, 2.75) is 27.7 Å². The summed E-state index contributed by atoms with van der Waals surface area (Å²) in [7, 11) is 0. The van der Waals surface area contributed by atoms with Gasteiger partial charge in [-0.2, -0.15) is 0 Å². The van der Waals surface area contributed by atoms with Crippen molar-refractivity contribution in [3.8, 4) is 62.3 Å². The fourth-order valence-corrected chi connectivity index (χ4v) is 6.28. The Bertz CT molecular complexity index is 2440. The molecule has 0 radical (unpaired) electrons. The number of hydrogen-bond donors (Lipinski definition) is 1. The first-order valence-electron chi connectivity index (χ1n) is 17.8. The van der Waals surface area contributed by atoms with Crippen LogP contribution in [0.25, 0.3) is 45.0 Å². The molecule has 272 valence electrons. The molecule has 4 aromatic carbocycles. The van der Waals surface area contributed by atoms with E-state index in [9.17, 15) is 5.11 Å². The lowest BCUT2D eigenvalue weighted by molar-refractivity contribution is 0.475. The van der Waals surface area contributed by atoms with Gasteiger partial charge < -0.3 is 9.84 Å². The summed E-state index contributed by atoms with van der Waals surface area (Å²) in [4.78, 5) is 17.5. The second-order valence-electron chi connectivity index (χ2n) is 13.0. The van der Waals surface area contributed by atoms with Gasteiger partial charge in [0.15, 0.2) is 0 Å². The van der Waals surface area contributed by atoms with Crippen LogP contribution in [0.2, 0.25) is 0 Å². The van der Waals surface area contributed by atoms with E-state index in [1.54, 1.807) is 24.5 Å². The molecule has 8 rings (SSSR count). The van der Waals surface area contributed by atoms with E-state index in [0.29, 0.717) is 0 Å². The van der Waals surface area contributed by atoms with Crippen LogP contribution in [0.5, 0.6) is 17.2 Å². The van der Waals surface area contributed by atoms with Crippen molar-refractivity contribution in [2.24, 2.45) is 0 Å². The summed E-state index contributed by atoms with van der Waals surface area (Å²) in [5.74, 6) is 1.87. The minimum atomic E-state index is 0.283. The van der Waals surface area contributed by atoms with Gasteiger partial charge in [-0.25, -0.2) is 0 Å². The SMILES string of the molecule is Cc1cc(O)cc(-c2ccccn2)c1.Cc1cc(Oc2ccc(C)c(-c3ccccn3)c2)cc(-c2ccccn2)c1.Cc1ccc(Br)cc1-c1ccccn1. The summed E-state index contributed by atoms with van der Waals surface area (Å²) < 4.78 is 7.27. The molecule has 7 heteroatoms. The maximum Gasteiger partial charge on any atom is 0.128 e. The number of rotatable bonds is 6. The Morgan fingerprint density at radius 1 is 0.436 bits per heavy atom. The molecule has 0 atom stereocenters. The highest BCUT2D eigenvalue weighted by Crippen LogP contribution is 2.32. The number of aromatic nitrogens is 4. The predicted octanol–water partition coefficient (Wildman–Crippen LogP) is 12.8. The zero-order chi connectivity index (χ0) is 38.6. The Morgan fingerprint density at radius 2 is 0.909 bits per heavy atom. The van der Waals surface area contributed by atoms with E-state index < -0.39 is 0 Å². The molecule has 0 unspecified atom stereocenters. The van der Waals surface area contributed by atoms with Crippen molar-refractivity contribution < 1.29 is 9.84 Å². The zero-order valence-electron chi connectivity index (χ0n) is 31.2. The Hall–Kier alpha value is -6.44. The molecule has 0 amide bonds. The average molecular weight is 786 g/mol. The summed E-state index contributed by atoms with van der Waals surface area (Å²) in [6, 6.07) is 47.5. The summed E-state index contributed by atoms with van der Waals surface area (Å²) in [6.45, 7) is 8.19. The van der Waals surface area contributed by atoms with Gasteiger partial charge in [-0.1, -0.05) is 52.3 Å². The molecule has 55 heavy (non-hydrogen) atoms. The third kappa shape index (κ3) is 10.8. The van der Waals surface area contributed by atoms with Crippen LogP contribution in [0.15, 0.2) is 175 Å². The van der Waals surface area contributed by atoms with Crippen LogP contribution in [0.1, 0.15) is 22.3 Å². The fourth-order valence-electron chi connectivity index (χ4n) is 5.92. The molecule has 0 aliphatic carbocycles. The van der Waals surface area contributed by atoms with Gasteiger partial charge in [0, 0.05) is 51.5 Å². The lowest BCUT2D eigenvalue weighted by Gasteiger charge is -2.12. The summed E-state index contributed by atoms with van der Waals surface area (Å²) >= 11 is 3.47. The maximum absolute atomic E-state index is 9.43. The third-order valence-corrected chi connectivity index (χ3v) is 9.05. The van der Waals surface area contributed by atoms with E-state index in [4.69, 9.17) is 4.74 Å². The lowest BCUT2D eigenvalue weighted by Crippen LogP contribution is -1.91. The molecule has 0 saturated carbocycles. The largest absolute Gasteiger partial charge is 0.508 e. The number of phenols is 1. The molecule has 8 aromatic rings. The van der Waals surface area contributed by atoms with E-state index in [0.717, 1.165) is 66.6 Å². The predicted molar refractivity (Wildman–Crippen MR) is 227 cm³/mol. The van der Waals surface area contributed by atoms with E-state index in [2.05, 4.69) is 80.9 Å². The van der Waals surface area contributed by atoms with Gasteiger partial charge in [-0.15, -0.1) is 0 Å². The van der Waals surface area contributed by atoms with Gasteiger partial charge in [0.2, 0.25) is 0 Å². The number of pyridine rings is 4. The quantitative estimate of drug-likeness (QED) is 0.181. The second-order valence-corrected chi connectivity index (χ2v) is 13.9. The molecule has 4 heterocycles. The molecule has 0 aliphatic heterocycles. The minimum absolute atomic E-state index is 0.283. The molecule has 1 N–H and O–H groups in total. The normalized spacial score (nSPS) is 10.3. The fraction of sp³-hybridized carbons (Fsp3) is 0.0833. The number of aryl methyl sites for hydroxylation is 4. The van der Waals surface area contributed by atoms with E-state index in [-0.39, 0.29) is 5.75 Å². The molecule has 6 nitrogen and oxygen atoms in total. The van der Waals surface area contributed by atoms with E-state index in [1.807, 2.05) is 129 Å². The van der Waals surface area contributed by atoms with Crippen molar-refractivity contribution in [2.75, 3.05) is 0 Å². The summed E-state index contributed by atoms with van der Waals surface area (Å²) in [5.41, 5.74) is 12.6. The van der Waals surface area contributed by atoms with Gasteiger partial charge >= 0.3 is 0 Å². The molecule has 4 aromatic heterocycles. The van der Waals surface area contributed by atoms with Gasteiger partial charge in [0.05, 0.1) is 22.8 Å². The number of benzene rings is 4. The number of phenolic OH excluding ortho intramolecular Hbond substituents is 1. The number of nitrogens with zero attached hydrogens (tertiary/aromatic N) is 4. The first-order chi connectivity index (χ1) is 26.7. The van der Waals surface area contributed by atoms with Gasteiger partial charge in [0.25, 0.3) is 0 Å². The molecule has 0 bridgehead atoms. The second kappa shape index (κ2) is 18.5. The van der Waals surface area contributed by atoms with Crippen LogP contribution in [0.3, 0.4) is 0 Å². The Balaban J connectivity index is 0.000000155. The molecular weight excluding hydrogens is 744 g/mol. The van der Waals surface area contributed by atoms with Crippen molar-refractivity contribution in [3.63, 3.8) is 0 Å². The smallest absolute Gasteiger partial charge is 0.128 e. The van der Waals surface area contributed by atoms with E-state index >= 15 is 0 Å². The number of ether oxygens (including phenoxy) is 1. The van der Waals surface area contributed by atoms with Crippen molar-refractivity contribution in [3.05, 3.63) is 197 Å². The van der Waals surface area contributed by atoms with Crippen LogP contribution in [0, 0.1) is 27.7 Å². The summed E-state index contributed by atoms with van der Waals surface area (Å²) in [5, 5.41) is 9.43. The van der Waals surface area contributed by atoms with Crippen molar-refractivity contribution in [1.29, 1.82) is 0 Å². The Labute approximate surface area is 331 Å². The lowest BCUT2D eigenvalue weighted by atomic mass is 10.0. The van der Waals surface area contributed by atoms with Gasteiger partial charge in [0.1, 0.15) is 17.2 Å². The molecule has 0 aliphatic rings. The van der Waals surface area contributed by atoms with Gasteiger partial charge in [-0.05, 0) is 159 Å². The highest BCUT2D eigenvalue weighted by atomic mass is 79.9. The first kappa shape index (κ1) is 38.3. The molecule has 0 fully saturated rings. The first-order valence-corrected chi connectivity index (χ1v) is 18.6. The average Bonchev–Trinajstić information content (AvgIpc) is 3.21. The summed E-state index contributed by atoms with van der Waals surface area (Å²) in [6.07, 6.45) is 7.17. The van der Waals surface area contributed by atoms with Crippen LogP contribution >= 0.6 is 15.9 Å².